The van der Waals surface area contributed by atoms with Crippen molar-refractivity contribution in [3.8, 4) is 11.5 Å². The number of amides is 1. The van der Waals surface area contributed by atoms with Crippen molar-refractivity contribution in [3.05, 3.63) is 117 Å². The van der Waals surface area contributed by atoms with Crippen LogP contribution in [0.4, 0.5) is 17.1 Å². The number of carbonyl (C=O) groups is 1. The third kappa shape index (κ3) is 9.44. The first-order valence-electron chi connectivity index (χ1n) is 20.3. The van der Waals surface area contributed by atoms with Crippen LogP contribution in [0.25, 0.3) is 16.6 Å². The van der Waals surface area contributed by atoms with E-state index in [1.165, 1.54) is 35.0 Å². The average molecular weight is 853 g/mol. The molecule has 0 radical (unpaired) electrons. The average Bonchev–Trinajstić information content (AvgIpc) is 3.70. The Morgan fingerprint density at radius 2 is 1.78 bits per heavy atom. The SMILES string of the molecule is CC1(C)CCC(CN2CCN(c3ccc(C(=O)NS(=O)(=O)c4ccc(NC5CCNCC5)c([N+](=O)[O-])c4)c(Oc4cnc5[nH]ccc5c4)c3)CC2)=C(c2ccc(Cl)cc2)C1. The molecule has 2 fully saturated rings. The minimum atomic E-state index is -4.54. The Labute approximate surface area is 354 Å². The molecular formula is C44H49ClN8O6S. The number of halogens is 1. The maximum atomic E-state index is 13.9. The number of aromatic nitrogens is 2. The van der Waals surface area contributed by atoms with Crippen LogP contribution in [0.5, 0.6) is 11.5 Å². The summed E-state index contributed by atoms with van der Waals surface area (Å²) in [6, 6.07) is 20.5. The Balaban J connectivity index is 1.01. The van der Waals surface area contributed by atoms with Crippen LogP contribution in [-0.2, 0) is 10.0 Å². The van der Waals surface area contributed by atoms with Crippen molar-refractivity contribution in [1.29, 1.82) is 0 Å². The van der Waals surface area contributed by atoms with Gasteiger partial charge in [0.25, 0.3) is 21.6 Å². The molecule has 3 aliphatic rings. The molecule has 14 nitrogen and oxygen atoms in total. The number of piperazine rings is 1. The Kier molecular flexibility index (Phi) is 11.9. The maximum absolute atomic E-state index is 13.9. The molecule has 0 spiro atoms. The van der Waals surface area contributed by atoms with E-state index in [9.17, 15) is 23.3 Å². The van der Waals surface area contributed by atoms with Gasteiger partial charge in [0.2, 0.25) is 0 Å². The number of piperidine rings is 1. The normalized spacial score (nSPS) is 17.8. The van der Waals surface area contributed by atoms with Crippen molar-refractivity contribution < 1.29 is 22.9 Å². The number of hydrogen-bond donors (Lipinski definition) is 4. The predicted molar refractivity (Wildman–Crippen MR) is 235 cm³/mol. The smallest absolute Gasteiger partial charge is 0.293 e. The number of hydrogen-bond acceptors (Lipinski definition) is 11. The highest BCUT2D eigenvalue weighted by Gasteiger charge is 2.31. The number of ether oxygens (including phenoxy) is 1. The van der Waals surface area contributed by atoms with Gasteiger partial charge in [-0.3, -0.25) is 19.8 Å². The summed E-state index contributed by atoms with van der Waals surface area (Å²) in [4.78, 5) is 37.1. The van der Waals surface area contributed by atoms with Gasteiger partial charge in [-0.2, -0.15) is 0 Å². The first-order valence-corrected chi connectivity index (χ1v) is 22.2. The van der Waals surface area contributed by atoms with E-state index in [1.54, 1.807) is 30.5 Å². The van der Waals surface area contributed by atoms with E-state index in [0.717, 1.165) is 100 Å². The third-order valence-electron chi connectivity index (χ3n) is 11.7. The number of nitro benzene ring substituents is 1. The zero-order chi connectivity index (χ0) is 42.0. The van der Waals surface area contributed by atoms with Crippen LogP contribution in [0.2, 0.25) is 5.02 Å². The number of rotatable bonds is 12. The Morgan fingerprint density at radius 1 is 1.02 bits per heavy atom. The summed E-state index contributed by atoms with van der Waals surface area (Å²) in [5, 5.41) is 20.0. The predicted octanol–water partition coefficient (Wildman–Crippen LogP) is 7.99. The number of allylic oxidation sites excluding steroid dienone is 1. The van der Waals surface area contributed by atoms with Crippen molar-refractivity contribution in [2.45, 2.75) is 56.9 Å². The first kappa shape index (κ1) is 41.3. The first-order chi connectivity index (χ1) is 28.8. The quantitative estimate of drug-likeness (QED) is 0.0708. The fourth-order valence-corrected chi connectivity index (χ4v) is 9.47. The van der Waals surface area contributed by atoms with E-state index in [0.29, 0.717) is 11.4 Å². The fraction of sp³-hybridized carbons (Fsp3) is 0.364. The van der Waals surface area contributed by atoms with Crippen molar-refractivity contribution >= 4 is 61.2 Å². The molecule has 5 aromatic rings. The van der Waals surface area contributed by atoms with Crippen molar-refractivity contribution in [2.75, 3.05) is 56.0 Å². The molecule has 314 valence electrons. The molecule has 3 aromatic carbocycles. The number of benzene rings is 3. The van der Waals surface area contributed by atoms with Crippen LogP contribution in [0, 0.1) is 15.5 Å². The van der Waals surface area contributed by atoms with E-state index in [1.807, 2.05) is 18.2 Å². The largest absolute Gasteiger partial charge is 0.455 e. The van der Waals surface area contributed by atoms with Gasteiger partial charge in [-0.15, -0.1) is 0 Å². The fourth-order valence-electron chi connectivity index (χ4n) is 8.35. The summed E-state index contributed by atoms with van der Waals surface area (Å²) in [5.74, 6) is -0.458. The number of sulfonamides is 1. The summed E-state index contributed by atoms with van der Waals surface area (Å²) in [5.41, 5.74) is 5.61. The van der Waals surface area contributed by atoms with E-state index in [2.05, 4.69) is 61.1 Å². The molecule has 1 amide bonds. The van der Waals surface area contributed by atoms with Gasteiger partial charge in [-0.1, -0.05) is 43.2 Å². The minimum absolute atomic E-state index is 0.00605. The summed E-state index contributed by atoms with van der Waals surface area (Å²) >= 11 is 6.24. The van der Waals surface area contributed by atoms with Crippen LogP contribution < -0.4 is 25.0 Å². The highest BCUT2D eigenvalue weighted by Crippen LogP contribution is 2.43. The minimum Gasteiger partial charge on any atom is -0.455 e. The Hall–Kier alpha value is -5.48. The van der Waals surface area contributed by atoms with Gasteiger partial charge < -0.3 is 25.3 Å². The van der Waals surface area contributed by atoms with Crippen molar-refractivity contribution in [2.24, 2.45) is 5.41 Å². The molecule has 1 aliphatic carbocycles. The number of nitro groups is 1. The van der Waals surface area contributed by atoms with Crippen LogP contribution in [-0.4, -0.2) is 86.0 Å². The van der Waals surface area contributed by atoms with Gasteiger partial charge in [0.1, 0.15) is 22.8 Å². The standard InChI is InChI=1S/C44H49ClN8O6S/c1-44(2)15-11-31(38(26-44)29-3-5-32(45)6-4-29)28-51-19-21-52(22-20-51)34-7-9-37(41(24-34)59-35-23-30-12-18-47-42(30)48-27-35)43(54)50-60(57,58)36-8-10-39(40(25-36)53(55)56)49-33-13-16-46-17-14-33/h3-10,12,18,23-25,27,33,46,49H,11,13-17,19-22,26,28H2,1-2H3,(H,47,48)(H,50,54). The topological polar surface area (TPSA) is 175 Å². The number of pyridine rings is 1. The van der Waals surface area contributed by atoms with Gasteiger partial charge in [-0.25, -0.2) is 18.1 Å². The monoisotopic (exact) mass is 852 g/mol. The summed E-state index contributed by atoms with van der Waals surface area (Å²) in [7, 11) is -4.54. The molecule has 0 bridgehead atoms. The van der Waals surface area contributed by atoms with Crippen molar-refractivity contribution in [3.63, 3.8) is 0 Å². The lowest BCUT2D eigenvalue weighted by atomic mass is 9.72. The van der Waals surface area contributed by atoms with Gasteiger partial charge in [0, 0.05) is 73.2 Å². The number of carbonyl (C=O) groups excluding carboxylic acids is 1. The second-order valence-electron chi connectivity index (χ2n) is 16.6. The van der Waals surface area contributed by atoms with Crippen LogP contribution in [0.15, 0.2) is 95.7 Å². The molecule has 0 unspecified atom stereocenters. The third-order valence-corrected chi connectivity index (χ3v) is 13.3. The molecule has 4 N–H and O–H groups in total. The number of fused-ring (bicyclic) bond motifs is 1. The maximum Gasteiger partial charge on any atom is 0.293 e. The molecule has 2 aliphatic heterocycles. The molecular weight excluding hydrogens is 804 g/mol. The van der Waals surface area contributed by atoms with E-state index in [4.69, 9.17) is 16.3 Å². The molecule has 2 aromatic heterocycles. The summed E-state index contributed by atoms with van der Waals surface area (Å²) in [6.45, 7) is 10.2. The lowest BCUT2D eigenvalue weighted by molar-refractivity contribution is -0.384. The van der Waals surface area contributed by atoms with Crippen LogP contribution in [0.1, 0.15) is 61.9 Å². The molecule has 0 atom stereocenters. The van der Waals surface area contributed by atoms with E-state index < -0.39 is 31.4 Å². The number of nitrogens with zero attached hydrogens (tertiary/aromatic N) is 4. The van der Waals surface area contributed by atoms with Gasteiger partial charge in [-0.05, 0) is 110 Å². The zero-order valence-corrected chi connectivity index (χ0v) is 35.2. The number of nitrogens with one attached hydrogen (secondary N) is 4. The number of anilines is 2. The van der Waals surface area contributed by atoms with Gasteiger partial charge in [0.15, 0.2) is 0 Å². The molecule has 60 heavy (non-hydrogen) atoms. The summed E-state index contributed by atoms with van der Waals surface area (Å²) in [6.07, 6.45) is 8.03. The lowest BCUT2D eigenvalue weighted by Gasteiger charge is -2.39. The van der Waals surface area contributed by atoms with Crippen molar-refractivity contribution in [1.82, 2.24) is 24.9 Å². The van der Waals surface area contributed by atoms with E-state index >= 15 is 0 Å². The molecule has 4 heterocycles. The Morgan fingerprint density at radius 3 is 2.53 bits per heavy atom. The highest BCUT2D eigenvalue weighted by atomic mass is 35.5. The van der Waals surface area contributed by atoms with Gasteiger partial charge in [0.05, 0.1) is 21.6 Å². The molecule has 8 rings (SSSR count). The molecule has 2 saturated heterocycles. The van der Waals surface area contributed by atoms with Crippen LogP contribution >= 0.6 is 11.6 Å². The number of H-pyrrole nitrogens is 1. The second-order valence-corrected chi connectivity index (χ2v) is 18.7. The molecule has 0 saturated carbocycles. The zero-order valence-electron chi connectivity index (χ0n) is 33.7. The van der Waals surface area contributed by atoms with E-state index in [-0.39, 0.29) is 28.5 Å². The van der Waals surface area contributed by atoms with Gasteiger partial charge >= 0.3 is 0 Å². The number of aromatic amines is 1. The lowest BCUT2D eigenvalue weighted by Crippen LogP contribution is -2.47. The summed E-state index contributed by atoms with van der Waals surface area (Å²) < 4.78 is 35.7. The Bertz CT molecular complexity index is 2550. The second kappa shape index (κ2) is 17.2. The highest BCUT2D eigenvalue weighted by molar-refractivity contribution is 7.90. The molecule has 16 heteroatoms. The van der Waals surface area contributed by atoms with Crippen LogP contribution in [0.3, 0.4) is 0 Å².